The normalized spacial score (nSPS) is 19.4. The maximum Gasteiger partial charge on any atom is 0.248 e. The second kappa shape index (κ2) is 10.4. The highest BCUT2D eigenvalue weighted by Crippen LogP contribution is 2.35. The lowest BCUT2D eigenvalue weighted by atomic mass is 9.87. The van der Waals surface area contributed by atoms with Crippen LogP contribution in [0.1, 0.15) is 42.5 Å². The van der Waals surface area contributed by atoms with Crippen molar-refractivity contribution in [2.45, 2.75) is 45.2 Å². The van der Waals surface area contributed by atoms with Crippen LogP contribution in [0.2, 0.25) is 0 Å². The number of aliphatic imine (C=N–C) groups is 1. The van der Waals surface area contributed by atoms with Crippen LogP contribution in [-0.2, 0) is 11.2 Å². The number of anilines is 1. The Kier molecular flexibility index (Phi) is 7.58. The van der Waals surface area contributed by atoms with E-state index in [-0.39, 0.29) is 30.5 Å². The van der Waals surface area contributed by atoms with Gasteiger partial charge in [-0.3, -0.25) is 9.79 Å². The molecule has 0 radical (unpaired) electrons. The van der Waals surface area contributed by atoms with Crippen LogP contribution in [0, 0.1) is 12.7 Å². The fourth-order valence-corrected chi connectivity index (χ4v) is 4.15. The van der Waals surface area contributed by atoms with Crippen molar-refractivity contribution < 1.29 is 14.3 Å². The zero-order valence-corrected chi connectivity index (χ0v) is 18.1. The number of fused-ring (bicyclic) bond motifs is 3. The Balaban J connectivity index is 0.000000229. The zero-order chi connectivity index (χ0) is 22.4. The van der Waals surface area contributed by atoms with E-state index in [0.29, 0.717) is 13.0 Å². The largest absolute Gasteiger partial charge is 0.377 e. The maximum atomic E-state index is 13.6. The van der Waals surface area contributed by atoms with Gasteiger partial charge in [-0.25, -0.2) is 4.39 Å². The standard InChI is InChI=1S/C17H19FN2O.C8H11NO/c1-3-4-5-15-17(21)20-9-8-12-6-7-13(18)10-14(12)16(20)11(2)19-15;1-7-3-2-4-8(5-7)9-6-10/h3,6-7,10,15-16H,1,4-5,8-9H2,2H3;2-5,9-10H,6H2,1H3. The molecule has 0 saturated heterocycles. The molecule has 164 valence electrons. The van der Waals surface area contributed by atoms with E-state index in [9.17, 15) is 9.18 Å². The van der Waals surface area contributed by atoms with E-state index in [1.165, 1.54) is 11.6 Å². The number of hydrogen-bond acceptors (Lipinski definition) is 4. The lowest BCUT2D eigenvalue weighted by Gasteiger charge is -2.42. The fourth-order valence-electron chi connectivity index (χ4n) is 4.15. The van der Waals surface area contributed by atoms with Crippen molar-refractivity contribution in [2.75, 3.05) is 18.6 Å². The van der Waals surface area contributed by atoms with Gasteiger partial charge in [0.05, 0.1) is 6.04 Å². The van der Waals surface area contributed by atoms with E-state index in [1.807, 2.05) is 55.2 Å². The summed E-state index contributed by atoms with van der Waals surface area (Å²) in [6, 6.07) is 12.2. The molecule has 2 N–H and O–H groups in total. The maximum absolute atomic E-state index is 13.6. The monoisotopic (exact) mass is 423 g/mol. The molecule has 0 fully saturated rings. The van der Waals surface area contributed by atoms with Crippen LogP contribution in [0.3, 0.4) is 0 Å². The second-order valence-electron chi connectivity index (χ2n) is 7.88. The number of benzene rings is 2. The van der Waals surface area contributed by atoms with Gasteiger partial charge in [0.15, 0.2) is 0 Å². The van der Waals surface area contributed by atoms with Crippen LogP contribution < -0.4 is 5.32 Å². The molecule has 2 aromatic carbocycles. The molecule has 4 rings (SSSR count). The zero-order valence-electron chi connectivity index (χ0n) is 18.1. The Bertz CT molecular complexity index is 973. The Morgan fingerprint density at radius 3 is 2.81 bits per heavy atom. The quantitative estimate of drug-likeness (QED) is 0.553. The Hall–Kier alpha value is -2.99. The number of hydrogen-bond donors (Lipinski definition) is 2. The summed E-state index contributed by atoms with van der Waals surface area (Å²) in [5.41, 5.74) is 5.05. The lowest BCUT2D eigenvalue weighted by Crippen LogP contribution is -2.50. The molecular formula is C25H30FN3O2. The first-order chi connectivity index (χ1) is 14.9. The number of carbonyl (C=O) groups is 1. The summed E-state index contributed by atoms with van der Waals surface area (Å²) in [5.74, 6) is -0.202. The molecule has 1 amide bonds. The summed E-state index contributed by atoms with van der Waals surface area (Å²) < 4.78 is 13.6. The summed E-state index contributed by atoms with van der Waals surface area (Å²) in [6.07, 6.45) is 4.06. The van der Waals surface area contributed by atoms with Gasteiger partial charge >= 0.3 is 0 Å². The van der Waals surface area contributed by atoms with Crippen LogP contribution in [0.5, 0.6) is 0 Å². The molecule has 2 unspecified atom stereocenters. The second-order valence-corrected chi connectivity index (χ2v) is 7.88. The number of halogens is 1. The van der Waals surface area contributed by atoms with Gasteiger partial charge in [0, 0.05) is 17.9 Å². The highest BCUT2D eigenvalue weighted by atomic mass is 19.1. The number of nitrogens with zero attached hydrogens (tertiary/aromatic N) is 2. The van der Waals surface area contributed by atoms with E-state index in [0.717, 1.165) is 35.4 Å². The van der Waals surface area contributed by atoms with Gasteiger partial charge in [-0.1, -0.05) is 24.3 Å². The van der Waals surface area contributed by atoms with E-state index in [1.54, 1.807) is 6.07 Å². The van der Waals surface area contributed by atoms with E-state index < -0.39 is 0 Å². The third kappa shape index (κ3) is 5.39. The predicted molar refractivity (Wildman–Crippen MR) is 123 cm³/mol. The first-order valence-corrected chi connectivity index (χ1v) is 10.6. The molecule has 0 aliphatic carbocycles. The summed E-state index contributed by atoms with van der Waals surface area (Å²) in [4.78, 5) is 19.0. The Morgan fingerprint density at radius 1 is 1.29 bits per heavy atom. The van der Waals surface area contributed by atoms with E-state index in [4.69, 9.17) is 5.11 Å². The molecule has 2 atom stereocenters. The van der Waals surface area contributed by atoms with Crippen molar-refractivity contribution in [3.8, 4) is 0 Å². The summed E-state index contributed by atoms with van der Waals surface area (Å²) in [6.45, 7) is 8.32. The molecule has 6 heteroatoms. The molecule has 0 saturated carbocycles. The van der Waals surface area contributed by atoms with Gasteiger partial charge in [0.1, 0.15) is 18.6 Å². The highest BCUT2D eigenvalue weighted by Gasteiger charge is 2.39. The van der Waals surface area contributed by atoms with Gasteiger partial charge in [-0.15, -0.1) is 6.58 Å². The van der Waals surface area contributed by atoms with Crippen molar-refractivity contribution in [3.63, 3.8) is 0 Å². The summed E-state index contributed by atoms with van der Waals surface area (Å²) >= 11 is 0. The van der Waals surface area contributed by atoms with Gasteiger partial charge in [0.2, 0.25) is 5.91 Å². The number of carbonyl (C=O) groups excluding carboxylic acids is 1. The minimum Gasteiger partial charge on any atom is -0.377 e. The van der Waals surface area contributed by atoms with Crippen LogP contribution in [0.25, 0.3) is 0 Å². The fraction of sp³-hybridized carbons (Fsp3) is 0.360. The molecule has 5 nitrogen and oxygen atoms in total. The molecule has 2 aliphatic heterocycles. The van der Waals surface area contributed by atoms with Crippen LogP contribution >= 0.6 is 0 Å². The summed E-state index contributed by atoms with van der Waals surface area (Å²) in [7, 11) is 0. The minimum absolute atomic E-state index is 0.0105. The molecule has 0 spiro atoms. The molecule has 2 aliphatic rings. The van der Waals surface area contributed by atoms with Crippen molar-refractivity contribution in [3.05, 3.63) is 77.6 Å². The van der Waals surface area contributed by atoms with Crippen LogP contribution in [0.4, 0.5) is 10.1 Å². The lowest BCUT2D eigenvalue weighted by molar-refractivity contribution is -0.135. The van der Waals surface area contributed by atoms with Gasteiger partial charge in [-0.05, 0) is 74.1 Å². The Morgan fingerprint density at radius 2 is 2.10 bits per heavy atom. The third-order valence-electron chi connectivity index (χ3n) is 5.61. The van der Waals surface area contributed by atoms with Crippen LogP contribution in [0.15, 0.2) is 60.1 Å². The Labute approximate surface area is 183 Å². The average Bonchev–Trinajstić information content (AvgIpc) is 2.75. The van der Waals surface area contributed by atoms with Gasteiger partial charge < -0.3 is 15.3 Å². The number of allylic oxidation sites excluding steroid dienone is 1. The topological polar surface area (TPSA) is 64.9 Å². The predicted octanol–water partition coefficient (Wildman–Crippen LogP) is 4.42. The number of aliphatic hydroxyl groups excluding tert-OH is 1. The number of aliphatic hydroxyl groups is 1. The summed E-state index contributed by atoms with van der Waals surface area (Å²) in [5, 5.41) is 11.3. The van der Waals surface area contributed by atoms with Gasteiger partial charge in [0.25, 0.3) is 0 Å². The number of amides is 1. The van der Waals surface area contributed by atoms with Crippen molar-refractivity contribution in [1.29, 1.82) is 0 Å². The number of nitrogens with one attached hydrogen (secondary N) is 1. The van der Waals surface area contributed by atoms with E-state index in [2.05, 4.69) is 16.9 Å². The first-order valence-electron chi connectivity index (χ1n) is 10.6. The number of rotatable bonds is 5. The van der Waals surface area contributed by atoms with Crippen molar-refractivity contribution in [2.24, 2.45) is 4.99 Å². The highest BCUT2D eigenvalue weighted by molar-refractivity contribution is 5.99. The van der Waals surface area contributed by atoms with Gasteiger partial charge in [-0.2, -0.15) is 0 Å². The SMILES string of the molecule is C=CCCC1N=C(C)C2c3cc(F)ccc3CCN2C1=O.Cc1cccc(NCO)c1. The van der Waals surface area contributed by atoms with E-state index >= 15 is 0 Å². The molecule has 0 aromatic heterocycles. The minimum atomic E-state index is -0.311. The van der Waals surface area contributed by atoms with Crippen LogP contribution in [-0.4, -0.2) is 40.9 Å². The molecule has 2 aromatic rings. The molecule has 2 heterocycles. The van der Waals surface area contributed by atoms with Crippen molar-refractivity contribution in [1.82, 2.24) is 4.90 Å². The number of aryl methyl sites for hydroxylation is 1. The third-order valence-corrected chi connectivity index (χ3v) is 5.61. The molecular weight excluding hydrogens is 393 g/mol. The first kappa shape index (κ1) is 22.7. The smallest absolute Gasteiger partial charge is 0.248 e. The molecule has 0 bridgehead atoms. The molecule has 31 heavy (non-hydrogen) atoms. The average molecular weight is 424 g/mol. The van der Waals surface area contributed by atoms with Crippen molar-refractivity contribution >= 4 is 17.3 Å².